The molecule has 116 valence electrons. The van der Waals surface area contributed by atoms with Gasteiger partial charge in [0.25, 0.3) is 0 Å². The van der Waals surface area contributed by atoms with Crippen LogP contribution in [-0.2, 0) is 6.61 Å². The van der Waals surface area contributed by atoms with Gasteiger partial charge in [0.1, 0.15) is 6.61 Å². The fraction of sp³-hybridized carbons (Fsp3) is 0.368. The first-order chi connectivity index (χ1) is 10.9. The van der Waals surface area contributed by atoms with Crippen molar-refractivity contribution in [1.29, 1.82) is 0 Å². The van der Waals surface area contributed by atoms with E-state index in [0.717, 1.165) is 30.2 Å². The lowest BCUT2D eigenvalue weighted by Crippen LogP contribution is -2.26. The number of benzene rings is 2. The predicted molar refractivity (Wildman–Crippen MR) is 88.6 cm³/mol. The Morgan fingerprint density at radius 1 is 1.00 bits per heavy atom. The first-order valence-corrected chi connectivity index (χ1v) is 7.92. The van der Waals surface area contributed by atoms with E-state index >= 15 is 0 Å². The minimum atomic E-state index is 0.559. The molecule has 0 aliphatic carbocycles. The molecule has 3 nitrogen and oxygen atoms in total. The maximum atomic E-state index is 5.92. The summed E-state index contributed by atoms with van der Waals surface area (Å²) in [6.45, 7) is 2.75. The van der Waals surface area contributed by atoms with Gasteiger partial charge in [0, 0.05) is 0 Å². The van der Waals surface area contributed by atoms with Gasteiger partial charge >= 0.3 is 0 Å². The number of rotatable bonds is 5. The van der Waals surface area contributed by atoms with E-state index in [1.807, 2.05) is 24.3 Å². The molecule has 0 radical (unpaired) electrons. The van der Waals surface area contributed by atoms with E-state index in [2.05, 4.69) is 29.6 Å². The third-order valence-electron chi connectivity index (χ3n) is 4.24. The molecule has 0 unspecified atom stereocenters. The fourth-order valence-electron chi connectivity index (χ4n) is 2.95. The Kier molecular flexibility index (Phi) is 4.96. The van der Waals surface area contributed by atoms with E-state index in [1.165, 1.54) is 18.4 Å². The Hall–Kier alpha value is -2.00. The number of ether oxygens (including phenoxy) is 2. The number of methoxy groups -OCH3 is 1. The van der Waals surface area contributed by atoms with Gasteiger partial charge in [-0.15, -0.1) is 0 Å². The number of piperidine rings is 1. The van der Waals surface area contributed by atoms with Gasteiger partial charge in [-0.05, 0) is 55.1 Å². The molecule has 1 aliphatic rings. The van der Waals surface area contributed by atoms with Crippen LogP contribution in [0.3, 0.4) is 0 Å². The fourth-order valence-corrected chi connectivity index (χ4v) is 2.95. The summed E-state index contributed by atoms with van der Waals surface area (Å²) >= 11 is 0. The zero-order chi connectivity index (χ0) is 15.2. The first-order valence-electron chi connectivity index (χ1n) is 7.92. The van der Waals surface area contributed by atoms with Crippen molar-refractivity contribution in [2.24, 2.45) is 0 Å². The summed E-state index contributed by atoms with van der Waals surface area (Å²) in [5.74, 6) is 2.26. The maximum absolute atomic E-state index is 5.92. The number of hydrogen-bond donors (Lipinski definition) is 1. The molecule has 1 saturated heterocycles. The van der Waals surface area contributed by atoms with Gasteiger partial charge in [0.15, 0.2) is 11.5 Å². The predicted octanol–water partition coefficient (Wildman–Crippen LogP) is 3.74. The Morgan fingerprint density at radius 3 is 2.50 bits per heavy atom. The Labute approximate surface area is 132 Å². The maximum Gasteiger partial charge on any atom is 0.161 e. The van der Waals surface area contributed by atoms with E-state index in [-0.39, 0.29) is 0 Å². The first kappa shape index (κ1) is 14.9. The molecular weight excluding hydrogens is 274 g/mol. The highest BCUT2D eigenvalue weighted by Crippen LogP contribution is 2.34. The highest BCUT2D eigenvalue weighted by molar-refractivity contribution is 5.44. The molecule has 22 heavy (non-hydrogen) atoms. The van der Waals surface area contributed by atoms with E-state index in [1.54, 1.807) is 7.11 Å². The largest absolute Gasteiger partial charge is 0.493 e. The van der Waals surface area contributed by atoms with Crippen LogP contribution in [0.25, 0.3) is 0 Å². The lowest BCUT2D eigenvalue weighted by atomic mass is 9.90. The van der Waals surface area contributed by atoms with Crippen molar-refractivity contribution in [1.82, 2.24) is 5.32 Å². The lowest BCUT2D eigenvalue weighted by Gasteiger charge is -2.23. The van der Waals surface area contributed by atoms with Crippen molar-refractivity contribution >= 4 is 0 Å². The highest BCUT2D eigenvalue weighted by Gasteiger charge is 2.17. The molecule has 1 N–H and O–H groups in total. The zero-order valence-corrected chi connectivity index (χ0v) is 13.0. The summed E-state index contributed by atoms with van der Waals surface area (Å²) < 4.78 is 11.4. The molecule has 1 heterocycles. The van der Waals surface area contributed by atoms with Crippen molar-refractivity contribution in [2.75, 3.05) is 20.2 Å². The van der Waals surface area contributed by atoms with Crippen LogP contribution in [-0.4, -0.2) is 20.2 Å². The summed E-state index contributed by atoms with van der Waals surface area (Å²) in [5.41, 5.74) is 2.51. The molecule has 2 aromatic carbocycles. The number of hydrogen-bond acceptors (Lipinski definition) is 3. The average Bonchev–Trinajstić information content (AvgIpc) is 2.61. The van der Waals surface area contributed by atoms with Gasteiger partial charge in [0.05, 0.1) is 7.11 Å². The molecule has 1 aliphatic heterocycles. The van der Waals surface area contributed by atoms with Crippen LogP contribution in [0.1, 0.15) is 29.9 Å². The van der Waals surface area contributed by atoms with E-state index < -0.39 is 0 Å². The van der Waals surface area contributed by atoms with E-state index in [9.17, 15) is 0 Å². The van der Waals surface area contributed by atoms with E-state index in [4.69, 9.17) is 9.47 Å². The van der Waals surface area contributed by atoms with Crippen molar-refractivity contribution in [3.8, 4) is 11.5 Å². The second kappa shape index (κ2) is 7.32. The molecule has 0 spiro atoms. The molecule has 0 atom stereocenters. The zero-order valence-electron chi connectivity index (χ0n) is 13.0. The van der Waals surface area contributed by atoms with Crippen LogP contribution < -0.4 is 14.8 Å². The normalized spacial score (nSPS) is 15.5. The summed E-state index contributed by atoms with van der Waals surface area (Å²) in [4.78, 5) is 0. The minimum absolute atomic E-state index is 0.559. The van der Waals surface area contributed by atoms with Crippen LogP contribution >= 0.6 is 0 Å². The smallest absolute Gasteiger partial charge is 0.161 e. The van der Waals surface area contributed by atoms with Gasteiger partial charge in [-0.3, -0.25) is 0 Å². The molecule has 0 aromatic heterocycles. The summed E-state index contributed by atoms with van der Waals surface area (Å²) in [7, 11) is 1.71. The third kappa shape index (κ3) is 3.60. The van der Waals surface area contributed by atoms with Crippen LogP contribution in [0, 0.1) is 0 Å². The highest BCUT2D eigenvalue weighted by atomic mass is 16.5. The third-order valence-corrected chi connectivity index (χ3v) is 4.24. The van der Waals surface area contributed by atoms with Crippen LogP contribution in [0.15, 0.2) is 48.5 Å². The van der Waals surface area contributed by atoms with Gasteiger partial charge in [-0.1, -0.05) is 36.4 Å². The average molecular weight is 297 g/mol. The minimum Gasteiger partial charge on any atom is -0.493 e. The van der Waals surface area contributed by atoms with Crippen LogP contribution in [0.5, 0.6) is 11.5 Å². The Balaban J connectivity index is 1.71. The molecule has 2 aromatic rings. The molecule has 3 heteroatoms. The van der Waals surface area contributed by atoms with Gasteiger partial charge in [-0.2, -0.15) is 0 Å². The molecule has 0 amide bonds. The second-order valence-corrected chi connectivity index (χ2v) is 5.71. The molecule has 0 saturated carbocycles. The van der Waals surface area contributed by atoms with Crippen molar-refractivity contribution in [2.45, 2.75) is 25.4 Å². The van der Waals surface area contributed by atoms with Gasteiger partial charge in [0.2, 0.25) is 0 Å². The topological polar surface area (TPSA) is 30.5 Å². The molecule has 3 rings (SSSR count). The summed E-state index contributed by atoms with van der Waals surface area (Å²) in [6, 6.07) is 16.5. The van der Waals surface area contributed by atoms with Crippen LogP contribution in [0.2, 0.25) is 0 Å². The Bertz CT molecular complexity index is 592. The second-order valence-electron chi connectivity index (χ2n) is 5.71. The Morgan fingerprint density at radius 2 is 1.77 bits per heavy atom. The van der Waals surface area contributed by atoms with Crippen molar-refractivity contribution in [3.63, 3.8) is 0 Å². The van der Waals surface area contributed by atoms with E-state index in [0.29, 0.717) is 12.5 Å². The number of nitrogens with one attached hydrogen (secondary N) is 1. The lowest BCUT2D eigenvalue weighted by molar-refractivity contribution is 0.284. The van der Waals surface area contributed by atoms with Gasteiger partial charge < -0.3 is 14.8 Å². The van der Waals surface area contributed by atoms with Crippen LogP contribution in [0.4, 0.5) is 0 Å². The molecule has 0 bridgehead atoms. The molecular formula is C19H23NO2. The molecule has 1 fully saturated rings. The SMILES string of the molecule is COc1cc(C2CCNCC2)ccc1OCc1ccccc1. The van der Waals surface area contributed by atoms with Gasteiger partial charge in [-0.25, -0.2) is 0 Å². The summed E-state index contributed by atoms with van der Waals surface area (Å²) in [6.07, 6.45) is 2.38. The summed E-state index contributed by atoms with van der Waals surface area (Å²) in [5, 5.41) is 3.41. The van der Waals surface area contributed by atoms with Crippen molar-refractivity contribution in [3.05, 3.63) is 59.7 Å². The van der Waals surface area contributed by atoms with Crippen molar-refractivity contribution < 1.29 is 9.47 Å². The monoisotopic (exact) mass is 297 g/mol. The standard InChI is InChI=1S/C19H23NO2/c1-21-19-13-17(16-9-11-20-12-10-16)7-8-18(19)22-14-15-5-3-2-4-6-15/h2-8,13,16,20H,9-12,14H2,1H3. The quantitative estimate of drug-likeness (QED) is 0.912.